The third kappa shape index (κ3) is 4.62. The van der Waals surface area contributed by atoms with Crippen molar-refractivity contribution in [3.63, 3.8) is 0 Å². The third-order valence-corrected chi connectivity index (χ3v) is 11.3. The molecule has 3 unspecified atom stereocenters. The van der Waals surface area contributed by atoms with Crippen molar-refractivity contribution in [3.05, 3.63) is 48.1 Å². The van der Waals surface area contributed by atoms with Gasteiger partial charge in [0.1, 0.15) is 29.5 Å². The number of ketones is 1. The van der Waals surface area contributed by atoms with Crippen molar-refractivity contribution in [2.75, 3.05) is 6.61 Å². The number of esters is 1. The van der Waals surface area contributed by atoms with Crippen LogP contribution < -0.4 is 0 Å². The van der Waals surface area contributed by atoms with Gasteiger partial charge in [-0.05, 0) is 50.2 Å². The largest absolute Gasteiger partial charge is 0.465 e. The van der Waals surface area contributed by atoms with Crippen molar-refractivity contribution in [2.45, 2.75) is 132 Å². The summed E-state index contributed by atoms with van der Waals surface area (Å²) in [5.41, 5.74) is -5.68. The fourth-order valence-corrected chi connectivity index (χ4v) is 8.98. The molecular weight excluding hydrogens is 580 g/mol. The Labute approximate surface area is 265 Å². The number of ether oxygens (including phenoxy) is 5. The van der Waals surface area contributed by atoms with Gasteiger partial charge in [-0.2, -0.15) is 0 Å². The molecule has 3 aliphatic carbocycles. The van der Waals surface area contributed by atoms with E-state index in [0.717, 1.165) is 12.8 Å². The molecule has 248 valence electrons. The van der Waals surface area contributed by atoms with Crippen LogP contribution in [0.15, 0.2) is 48.1 Å². The van der Waals surface area contributed by atoms with E-state index in [2.05, 4.69) is 13.5 Å². The molecule has 5 fully saturated rings. The average Bonchev–Trinajstić information content (AvgIpc) is 3.64. The lowest BCUT2D eigenvalue weighted by atomic mass is 9.54. The average molecular weight is 629 g/mol. The van der Waals surface area contributed by atoms with E-state index >= 15 is 0 Å². The monoisotopic (exact) mass is 628 g/mol. The van der Waals surface area contributed by atoms with Crippen LogP contribution in [0, 0.1) is 17.8 Å². The van der Waals surface area contributed by atoms with Crippen LogP contribution in [0.5, 0.6) is 0 Å². The normalized spacial score (nSPS) is 45.8. The molecule has 0 amide bonds. The van der Waals surface area contributed by atoms with Gasteiger partial charge in [0.25, 0.3) is 0 Å². The predicted molar refractivity (Wildman–Crippen MR) is 162 cm³/mol. The molecule has 3 aliphatic heterocycles. The molecule has 3 heterocycles. The number of epoxide rings is 1. The molecule has 3 bridgehead atoms. The van der Waals surface area contributed by atoms with Crippen molar-refractivity contribution in [1.29, 1.82) is 0 Å². The number of rotatable bonds is 13. The van der Waals surface area contributed by atoms with E-state index in [4.69, 9.17) is 23.7 Å². The van der Waals surface area contributed by atoms with Gasteiger partial charge in [0, 0.05) is 17.9 Å². The Morgan fingerprint density at radius 3 is 2.51 bits per heavy atom. The minimum absolute atomic E-state index is 0.256. The molecular formula is C35H48O10. The molecule has 45 heavy (non-hydrogen) atoms. The number of carbonyl (C=O) groups is 2. The maximum absolute atomic E-state index is 13.5. The van der Waals surface area contributed by atoms with Crippen LogP contribution in [-0.2, 0) is 33.3 Å². The van der Waals surface area contributed by atoms with Crippen LogP contribution >= 0.6 is 0 Å². The molecule has 3 saturated heterocycles. The van der Waals surface area contributed by atoms with E-state index in [1.54, 1.807) is 32.1 Å². The summed E-state index contributed by atoms with van der Waals surface area (Å²) in [6, 6.07) is 0. The van der Waals surface area contributed by atoms with E-state index < -0.39 is 83.0 Å². The predicted octanol–water partition coefficient (Wildman–Crippen LogP) is 3.93. The standard InChI is InChI=1S/C35H48O10/c1-6-7-8-9-10-11-12-13-14-15-16-17-25(37)41-35-43-28-26-29-32(20-36,42-29)30(39)33(40)24(18-22(4)27(33)38)34(26,45-35)23(5)19-31(28,44-35)21(2)3/h14-18,23-24,26,28-30,36,39-40H,2,6-13,19-20H2,1,3-5H3/b15-14+,17-16+/t23-,24?,26?,28-,29+,30-,31-,32+,33-,34+,35?/m1/s1. The molecule has 0 radical (unpaired) electrons. The van der Waals surface area contributed by atoms with Gasteiger partial charge in [0.05, 0.1) is 12.2 Å². The number of aliphatic hydroxyl groups is 3. The highest BCUT2D eigenvalue weighted by molar-refractivity contribution is 6.05. The highest BCUT2D eigenvalue weighted by Gasteiger charge is 2.89. The Bertz CT molecular complexity index is 1320. The highest BCUT2D eigenvalue weighted by atomic mass is 17.1. The van der Waals surface area contributed by atoms with Crippen molar-refractivity contribution in [3.8, 4) is 0 Å². The SMILES string of the molecule is C=C(C)[C@]12C[C@@H](C)[C@@]34OC(OC(=O)/C=C/C=C/CCCCCCCCC)(O[C@@H]1C3[C@@H]1O[C@]1(CO)[C@@H](O)[C@]1(O)C(=O)C(C)=CC41)O2. The summed E-state index contributed by atoms with van der Waals surface area (Å²) in [5.74, 6) is -3.62. The summed E-state index contributed by atoms with van der Waals surface area (Å²) in [5, 5.41) is 34.2. The maximum atomic E-state index is 13.5. The minimum atomic E-state index is -2.35. The number of aliphatic hydroxyl groups excluding tert-OH is 2. The minimum Gasteiger partial charge on any atom is -0.393 e. The van der Waals surface area contributed by atoms with Crippen LogP contribution in [0.4, 0.5) is 0 Å². The number of carbonyl (C=O) groups excluding carboxylic acids is 2. The first-order chi connectivity index (χ1) is 21.4. The molecule has 0 aromatic heterocycles. The molecule has 3 N–H and O–H groups in total. The molecule has 2 saturated carbocycles. The van der Waals surface area contributed by atoms with Crippen molar-refractivity contribution < 1.29 is 48.6 Å². The molecule has 0 spiro atoms. The lowest BCUT2D eigenvalue weighted by Gasteiger charge is -2.58. The first-order valence-electron chi connectivity index (χ1n) is 16.6. The first kappa shape index (κ1) is 32.7. The zero-order valence-corrected chi connectivity index (χ0v) is 26.8. The van der Waals surface area contributed by atoms with Gasteiger partial charge in [0.15, 0.2) is 11.4 Å². The highest BCUT2D eigenvalue weighted by Crippen LogP contribution is 2.72. The van der Waals surface area contributed by atoms with Crippen molar-refractivity contribution in [2.24, 2.45) is 17.8 Å². The van der Waals surface area contributed by atoms with E-state index in [9.17, 15) is 24.9 Å². The van der Waals surface area contributed by atoms with Crippen LogP contribution in [0.1, 0.15) is 85.5 Å². The summed E-state index contributed by atoms with van der Waals surface area (Å²) in [6.07, 6.45) is 12.4. The molecule has 0 aromatic carbocycles. The summed E-state index contributed by atoms with van der Waals surface area (Å²) in [4.78, 5) is 26.7. The Morgan fingerprint density at radius 1 is 1.11 bits per heavy atom. The van der Waals surface area contributed by atoms with Crippen LogP contribution in [-0.4, -0.2) is 80.6 Å². The van der Waals surface area contributed by atoms with E-state index in [0.29, 0.717) is 12.0 Å². The van der Waals surface area contributed by atoms with Gasteiger partial charge in [-0.1, -0.05) is 83.3 Å². The topological polar surface area (TPSA) is 144 Å². The second-order valence-electron chi connectivity index (χ2n) is 14.1. The van der Waals surface area contributed by atoms with Gasteiger partial charge in [-0.25, -0.2) is 4.79 Å². The van der Waals surface area contributed by atoms with Crippen molar-refractivity contribution in [1.82, 2.24) is 0 Å². The number of fused-ring (bicyclic) bond motifs is 3. The molecule has 0 aromatic rings. The van der Waals surface area contributed by atoms with Gasteiger partial charge >= 0.3 is 12.1 Å². The number of Topliss-reactive ketones (excluding diaryl/α,β-unsaturated/α-hetero) is 1. The number of hydrogen-bond donors (Lipinski definition) is 3. The molecule has 11 atom stereocenters. The molecule has 10 heteroatoms. The lowest BCUT2D eigenvalue weighted by molar-refractivity contribution is -0.508. The van der Waals surface area contributed by atoms with E-state index in [1.165, 1.54) is 44.6 Å². The summed E-state index contributed by atoms with van der Waals surface area (Å²) < 4.78 is 31.4. The molecule has 6 aliphatic rings. The number of allylic oxidation sites excluding steroid dienone is 3. The molecule has 6 rings (SSSR count). The van der Waals surface area contributed by atoms with Gasteiger partial charge in [-0.3, -0.25) is 19.0 Å². The smallest absolute Gasteiger partial charge is 0.393 e. The van der Waals surface area contributed by atoms with Gasteiger partial charge in [0.2, 0.25) is 0 Å². The Hall–Kier alpha value is -2.18. The van der Waals surface area contributed by atoms with E-state index in [-0.39, 0.29) is 5.57 Å². The quantitative estimate of drug-likeness (QED) is 0.0685. The number of hydrogen-bond acceptors (Lipinski definition) is 10. The fraction of sp³-hybridized carbons (Fsp3) is 0.714. The van der Waals surface area contributed by atoms with Gasteiger partial charge in [-0.15, -0.1) is 0 Å². The van der Waals surface area contributed by atoms with Crippen LogP contribution in [0.2, 0.25) is 0 Å². The second kappa shape index (κ2) is 11.5. The molecule has 10 nitrogen and oxygen atoms in total. The van der Waals surface area contributed by atoms with Crippen LogP contribution in [0.3, 0.4) is 0 Å². The summed E-state index contributed by atoms with van der Waals surface area (Å²) in [7, 11) is 0. The Morgan fingerprint density at radius 2 is 1.82 bits per heavy atom. The van der Waals surface area contributed by atoms with E-state index in [1.807, 2.05) is 13.0 Å². The zero-order chi connectivity index (χ0) is 32.4. The first-order valence-corrected chi connectivity index (χ1v) is 16.6. The van der Waals surface area contributed by atoms with Crippen molar-refractivity contribution >= 4 is 11.8 Å². The second-order valence-corrected chi connectivity index (χ2v) is 14.1. The number of unbranched alkanes of at least 4 members (excludes halogenated alkanes) is 7. The Kier molecular flexibility index (Phi) is 8.37. The fourth-order valence-electron chi connectivity index (χ4n) is 8.98. The van der Waals surface area contributed by atoms with Crippen LogP contribution in [0.25, 0.3) is 0 Å². The zero-order valence-electron chi connectivity index (χ0n) is 26.8. The Balaban J connectivity index is 1.25. The van der Waals surface area contributed by atoms with Gasteiger partial charge < -0.3 is 24.8 Å². The maximum Gasteiger partial charge on any atom is 0.465 e. The summed E-state index contributed by atoms with van der Waals surface area (Å²) >= 11 is 0. The third-order valence-electron chi connectivity index (χ3n) is 11.3. The summed E-state index contributed by atoms with van der Waals surface area (Å²) in [6.45, 7) is 11.1. The lowest BCUT2D eigenvalue weighted by Crippen LogP contribution is -2.72.